The van der Waals surface area contributed by atoms with Crippen molar-refractivity contribution >= 4 is 23.4 Å². The lowest BCUT2D eigenvalue weighted by Gasteiger charge is -2.43. The summed E-state index contributed by atoms with van der Waals surface area (Å²) in [5, 5.41) is 50.7. The molecule has 388 valence electrons. The van der Waals surface area contributed by atoms with Gasteiger partial charge in [0.15, 0.2) is 6.61 Å². The van der Waals surface area contributed by atoms with Gasteiger partial charge in [0.2, 0.25) is 5.79 Å². The van der Waals surface area contributed by atoms with Crippen molar-refractivity contribution in [3.63, 3.8) is 0 Å². The number of cyclic esters (lactones) is 1. The Morgan fingerprint density at radius 1 is 0.884 bits per heavy atom. The third kappa shape index (κ3) is 15.9. The molecule has 0 aromatic heterocycles. The number of carbonyl (C=O) groups excluding carboxylic acids is 3. The zero-order chi connectivity index (χ0) is 51.0. The lowest BCUT2D eigenvalue weighted by atomic mass is 9.78. The van der Waals surface area contributed by atoms with Crippen molar-refractivity contribution in [1.82, 2.24) is 4.90 Å². The lowest BCUT2D eigenvalue weighted by molar-refractivity contribution is -0.265. The highest BCUT2D eigenvalue weighted by Crippen LogP contribution is 2.38. The van der Waals surface area contributed by atoms with E-state index in [1.165, 1.54) is 12.0 Å². The predicted molar refractivity (Wildman–Crippen MR) is 263 cm³/mol. The summed E-state index contributed by atoms with van der Waals surface area (Å²) in [5.74, 6) is -4.33. The van der Waals surface area contributed by atoms with E-state index in [2.05, 4.69) is 24.1 Å². The quantitative estimate of drug-likeness (QED) is 0.0520. The van der Waals surface area contributed by atoms with Crippen LogP contribution in [0, 0.1) is 47.9 Å². The second-order valence-electron chi connectivity index (χ2n) is 20.4. The van der Waals surface area contributed by atoms with Crippen molar-refractivity contribution in [2.75, 3.05) is 34.5 Å². The van der Waals surface area contributed by atoms with Crippen molar-refractivity contribution in [3.05, 3.63) is 47.6 Å². The van der Waals surface area contributed by atoms with Crippen LogP contribution in [0.2, 0.25) is 0 Å². The van der Waals surface area contributed by atoms with Gasteiger partial charge in [-0.05, 0) is 107 Å². The fraction of sp³-hybridized carbons (Fsp3) is 0.741. The van der Waals surface area contributed by atoms with Gasteiger partial charge in [-0.25, -0.2) is 4.79 Å². The van der Waals surface area contributed by atoms with Gasteiger partial charge in [-0.15, -0.1) is 6.42 Å². The van der Waals surface area contributed by atoms with Crippen LogP contribution < -0.4 is 0 Å². The molecule has 15 heteroatoms. The van der Waals surface area contributed by atoms with Crippen LogP contribution in [0.3, 0.4) is 0 Å². The van der Waals surface area contributed by atoms with Crippen LogP contribution in [-0.4, -0.2) is 144 Å². The highest BCUT2D eigenvalue weighted by molar-refractivity contribution is 6.39. The number of oxime groups is 1. The van der Waals surface area contributed by atoms with Crippen LogP contribution >= 0.6 is 0 Å². The monoisotopic (exact) mass is 969 g/mol. The summed E-state index contributed by atoms with van der Waals surface area (Å²) in [6.07, 6.45) is 17.0. The average molecular weight is 969 g/mol. The minimum atomic E-state index is -2.42. The molecule has 3 fully saturated rings. The van der Waals surface area contributed by atoms with Crippen molar-refractivity contribution in [2.24, 2.45) is 40.7 Å². The molecule has 4 N–H and O–H groups in total. The number of aliphatic hydroxyl groups is 4. The number of aliphatic hydroxyl groups excluding tert-OH is 3. The number of nitrogens with zero attached hydrogens (tertiary/aromatic N) is 2. The van der Waals surface area contributed by atoms with Crippen LogP contribution in [0.15, 0.2) is 52.8 Å². The molecule has 0 spiro atoms. The lowest BCUT2D eigenvalue weighted by Crippen LogP contribution is -2.61. The number of rotatable bonds is 8. The Morgan fingerprint density at radius 2 is 1.62 bits per heavy atom. The maximum absolute atomic E-state index is 14.5. The van der Waals surface area contributed by atoms with E-state index in [0.29, 0.717) is 69.1 Å². The van der Waals surface area contributed by atoms with E-state index < -0.39 is 84.1 Å². The molecule has 4 aliphatic rings. The SMILES string of the molecule is C#CCO/N=C1/[C@H](C)C[C@H](C)/C=C/C=C/C=C(\C)[C@@H](OC)C[C@@H]2CC[C@@H](C)[C@@](O)(O2)C(=O)C(=O)N2CCCC[C@H]2C(=O)O[C@H]([C@H](C)C[C@@H]2CC[C@@H](O)[C@H](OC)C2)C[C@@H](O)[C@H](C)/C=C(\C)[C@@H](O)[C@H]1OC. The minimum absolute atomic E-state index is 0.0260. The summed E-state index contributed by atoms with van der Waals surface area (Å²) in [6.45, 7) is 13.3. The summed E-state index contributed by atoms with van der Waals surface area (Å²) >= 11 is 0. The summed E-state index contributed by atoms with van der Waals surface area (Å²) in [7, 11) is 4.66. The Bertz CT molecular complexity index is 1870. The molecular formula is C54H84N2O13. The molecule has 16 atom stereocenters. The van der Waals surface area contributed by atoms with Gasteiger partial charge in [-0.3, -0.25) is 9.59 Å². The molecule has 0 radical (unpaired) electrons. The molecule has 0 aromatic carbocycles. The first kappa shape index (κ1) is 57.9. The molecule has 0 unspecified atom stereocenters. The number of Topliss-reactive ketones (excluding diaryl/α,β-unsaturated/α-hetero) is 1. The van der Waals surface area contributed by atoms with Crippen molar-refractivity contribution < 1.29 is 63.3 Å². The van der Waals surface area contributed by atoms with Gasteiger partial charge in [0, 0.05) is 58.5 Å². The highest BCUT2D eigenvalue weighted by Gasteiger charge is 2.53. The number of carbonyl (C=O) groups is 3. The zero-order valence-corrected chi connectivity index (χ0v) is 43.0. The molecule has 3 heterocycles. The molecule has 1 amide bonds. The van der Waals surface area contributed by atoms with E-state index in [0.717, 1.165) is 12.0 Å². The number of ether oxygens (including phenoxy) is 5. The second-order valence-corrected chi connectivity index (χ2v) is 20.4. The Kier molecular flexibility index (Phi) is 23.3. The number of hydrogen-bond donors (Lipinski definition) is 4. The maximum Gasteiger partial charge on any atom is 0.329 e. The largest absolute Gasteiger partial charge is 0.460 e. The van der Waals surface area contributed by atoms with E-state index in [1.807, 2.05) is 52.0 Å². The molecule has 0 aromatic rings. The van der Waals surface area contributed by atoms with Crippen molar-refractivity contribution in [1.29, 1.82) is 0 Å². The molecule has 69 heavy (non-hydrogen) atoms. The second kappa shape index (κ2) is 27.8. The maximum atomic E-state index is 14.5. The van der Waals surface area contributed by atoms with E-state index in [-0.39, 0.29) is 55.8 Å². The van der Waals surface area contributed by atoms with E-state index in [1.54, 1.807) is 34.1 Å². The molecule has 2 saturated heterocycles. The third-order valence-corrected chi connectivity index (χ3v) is 15.0. The number of esters is 1. The molecule has 3 aliphatic heterocycles. The van der Waals surface area contributed by atoms with Crippen LogP contribution in [0.25, 0.3) is 0 Å². The van der Waals surface area contributed by atoms with Crippen LogP contribution in [0.4, 0.5) is 0 Å². The van der Waals surface area contributed by atoms with Gasteiger partial charge >= 0.3 is 5.97 Å². The Balaban J connectivity index is 1.75. The van der Waals surface area contributed by atoms with Crippen LogP contribution in [0.5, 0.6) is 0 Å². The number of hydrogen-bond acceptors (Lipinski definition) is 14. The Labute approximate surface area is 411 Å². The average Bonchev–Trinajstić information content (AvgIpc) is 3.33. The number of methoxy groups -OCH3 is 3. The third-order valence-electron chi connectivity index (χ3n) is 15.0. The topological polar surface area (TPSA) is 203 Å². The van der Waals surface area contributed by atoms with Gasteiger partial charge in [0.05, 0.1) is 36.2 Å². The molecule has 1 saturated carbocycles. The van der Waals surface area contributed by atoms with E-state index in [9.17, 15) is 34.8 Å². The minimum Gasteiger partial charge on any atom is -0.460 e. The number of ketones is 1. The van der Waals surface area contributed by atoms with E-state index >= 15 is 0 Å². The number of terminal acetylenes is 1. The van der Waals surface area contributed by atoms with Crippen LogP contribution in [-0.2, 0) is 42.9 Å². The Morgan fingerprint density at radius 3 is 2.30 bits per heavy atom. The van der Waals surface area contributed by atoms with Gasteiger partial charge in [0.25, 0.3) is 11.7 Å². The van der Waals surface area contributed by atoms with Crippen molar-refractivity contribution in [2.45, 2.75) is 186 Å². The standard InChI is InChI=1S/C54H84N2O13/c1-12-26-67-55-48-37(6)27-33(2)18-14-13-15-19-34(3)45(64-9)31-41-23-21-39(8)54(63,69-41)51(60)52(61)56-25-17-16-20-42(56)53(62)68-46(36(5)29-40-22-24-43(57)47(30-40)65-10)32-44(58)35(4)28-38(7)49(59)50(48)66-11/h1,13-15,18-19,28,33,35-37,39-47,49-50,57-59,63H,16-17,20-27,29-32H2,2-11H3/b15-13+,18-14+,34-19+,38-28+,55-48-/t33-,35-,36-,37-,39-,40+,41+,42+,43-,44-,45+,46+,47-,49-,50+,54-/m1/s1. The fourth-order valence-corrected chi connectivity index (χ4v) is 10.6. The first-order valence-corrected chi connectivity index (χ1v) is 25.2. The molecule has 15 nitrogen and oxygen atoms in total. The predicted octanol–water partition coefficient (Wildman–Crippen LogP) is 6.41. The summed E-state index contributed by atoms with van der Waals surface area (Å²) in [6, 6.07) is -1.11. The summed E-state index contributed by atoms with van der Waals surface area (Å²) in [4.78, 5) is 49.8. The number of fused-ring (bicyclic) bond motifs is 3. The van der Waals surface area contributed by atoms with Gasteiger partial charge in [0.1, 0.15) is 24.4 Å². The highest BCUT2D eigenvalue weighted by atomic mass is 16.6. The molecule has 1 aliphatic carbocycles. The first-order chi connectivity index (χ1) is 32.8. The van der Waals surface area contributed by atoms with Crippen molar-refractivity contribution in [3.8, 4) is 12.3 Å². The molecule has 4 rings (SSSR count). The van der Waals surface area contributed by atoms with Gasteiger partial charge in [-0.2, -0.15) is 0 Å². The van der Waals surface area contributed by atoms with Gasteiger partial charge in [-0.1, -0.05) is 82.2 Å². The number of amides is 1. The smallest absolute Gasteiger partial charge is 0.329 e. The zero-order valence-electron chi connectivity index (χ0n) is 43.0. The van der Waals surface area contributed by atoms with E-state index in [4.69, 9.17) is 34.9 Å². The van der Waals surface area contributed by atoms with Gasteiger partial charge < -0.3 is 53.8 Å². The fourth-order valence-electron chi connectivity index (χ4n) is 10.6. The first-order valence-electron chi connectivity index (χ1n) is 25.2. The normalized spacial score (nSPS) is 40.2. The molecule has 2 bridgehead atoms. The number of piperidine rings is 1. The molecular weight excluding hydrogens is 885 g/mol. The summed E-state index contributed by atoms with van der Waals surface area (Å²) in [5.41, 5.74) is 1.89. The Hall–Kier alpha value is -3.72. The summed E-state index contributed by atoms with van der Waals surface area (Å²) < 4.78 is 29.9. The van der Waals surface area contributed by atoms with Crippen LogP contribution in [0.1, 0.15) is 126 Å². The number of allylic oxidation sites excluding steroid dienone is 5.